The molecule has 2 unspecified atom stereocenters. The molecule has 1 heterocycles. The van der Waals surface area contributed by atoms with Gasteiger partial charge in [0.15, 0.2) is 0 Å². The van der Waals surface area contributed by atoms with E-state index in [1.165, 1.54) is 19.3 Å². The zero-order valence-corrected chi connectivity index (χ0v) is 10.1. The van der Waals surface area contributed by atoms with Gasteiger partial charge in [0.1, 0.15) is 0 Å². The molecule has 0 spiro atoms. The van der Waals surface area contributed by atoms with Gasteiger partial charge in [0.05, 0.1) is 5.25 Å². The van der Waals surface area contributed by atoms with Crippen molar-refractivity contribution in [1.82, 2.24) is 4.90 Å². The molecule has 82 valence electrons. The number of amides is 1. The van der Waals surface area contributed by atoms with Crippen molar-refractivity contribution in [3.05, 3.63) is 0 Å². The summed E-state index contributed by atoms with van der Waals surface area (Å²) < 4.78 is 0. The van der Waals surface area contributed by atoms with Gasteiger partial charge < -0.3 is 4.90 Å². The van der Waals surface area contributed by atoms with Crippen molar-refractivity contribution in [2.75, 3.05) is 13.1 Å². The van der Waals surface area contributed by atoms with Crippen molar-refractivity contribution in [1.29, 1.82) is 0 Å². The first-order valence-corrected chi connectivity index (χ1v) is 6.13. The van der Waals surface area contributed by atoms with E-state index in [1.54, 1.807) is 0 Å². The van der Waals surface area contributed by atoms with Crippen molar-refractivity contribution in [3.8, 4) is 0 Å². The Morgan fingerprint density at radius 2 is 2.21 bits per heavy atom. The molecular formula is C11H21NOS. The van der Waals surface area contributed by atoms with Crippen LogP contribution in [0.25, 0.3) is 0 Å². The molecule has 0 aromatic rings. The fraction of sp³-hybridized carbons (Fsp3) is 0.909. The maximum atomic E-state index is 11.7. The molecule has 0 aliphatic carbocycles. The molecule has 1 saturated heterocycles. The molecular weight excluding hydrogens is 194 g/mol. The molecule has 1 fully saturated rings. The van der Waals surface area contributed by atoms with Crippen LogP contribution < -0.4 is 0 Å². The van der Waals surface area contributed by atoms with Crippen LogP contribution in [0.3, 0.4) is 0 Å². The molecule has 1 aliphatic heterocycles. The van der Waals surface area contributed by atoms with Crippen molar-refractivity contribution < 1.29 is 4.79 Å². The summed E-state index contributed by atoms with van der Waals surface area (Å²) in [4.78, 5) is 13.7. The zero-order valence-electron chi connectivity index (χ0n) is 9.20. The minimum Gasteiger partial charge on any atom is -0.342 e. The Hall–Kier alpha value is -0.180. The second kappa shape index (κ2) is 5.64. The molecule has 0 aromatic carbocycles. The van der Waals surface area contributed by atoms with Gasteiger partial charge in [-0.2, -0.15) is 12.6 Å². The molecule has 1 amide bonds. The lowest BCUT2D eigenvalue weighted by molar-refractivity contribution is -0.130. The molecule has 0 bridgehead atoms. The van der Waals surface area contributed by atoms with Crippen molar-refractivity contribution in [3.63, 3.8) is 0 Å². The molecule has 3 heteroatoms. The smallest absolute Gasteiger partial charge is 0.235 e. The summed E-state index contributed by atoms with van der Waals surface area (Å²) in [5.74, 6) is 1.02. The van der Waals surface area contributed by atoms with Gasteiger partial charge in [-0.3, -0.25) is 4.79 Å². The lowest BCUT2D eigenvalue weighted by atomic mass is 9.98. The first-order valence-electron chi connectivity index (χ1n) is 5.62. The van der Waals surface area contributed by atoms with Gasteiger partial charge in [-0.1, -0.05) is 13.3 Å². The van der Waals surface area contributed by atoms with Gasteiger partial charge in [-0.25, -0.2) is 0 Å². The molecule has 0 aromatic heterocycles. The molecule has 2 nitrogen and oxygen atoms in total. The average Bonchev–Trinajstić information content (AvgIpc) is 2.41. The minimum absolute atomic E-state index is 0.145. The van der Waals surface area contributed by atoms with Crippen LogP contribution in [0.15, 0.2) is 0 Å². The molecule has 14 heavy (non-hydrogen) atoms. The molecule has 0 radical (unpaired) electrons. The van der Waals surface area contributed by atoms with Crippen LogP contribution >= 0.6 is 12.6 Å². The number of carbonyl (C=O) groups is 1. The summed E-state index contributed by atoms with van der Waals surface area (Å²) in [7, 11) is 0. The molecule has 0 saturated carbocycles. The topological polar surface area (TPSA) is 20.3 Å². The highest BCUT2D eigenvalue weighted by Gasteiger charge is 2.21. The van der Waals surface area contributed by atoms with E-state index in [0.717, 1.165) is 25.4 Å². The molecule has 2 atom stereocenters. The molecule has 1 rings (SSSR count). The standard InChI is InChI=1S/C11H21NOS/c1-3-10-5-4-7-12(8-6-10)11(13)9(2)14/h9-10,14H,3-8H2,1-2H3. The van der Waals surface area contributed by atoms with Gasteiger partial charge >= 0.3 is 0 Å². The number of rotatable bonds is 2. The Kier molecular flexibility index (Phi) is 4.79. The van der Waals surface area contributed by atoms with Crippen LogP contribution in [0.4, 0.5) is 0 Å². The van der Waals surface area contributed by atoms with Gasteiger partial charge in [-0.05, 0) is 32.1 Å². The summed E-state index contributed by atoms with van der Waals surface area (Å²) >= 11 is 4.19. The number of hydrogen-bond acceptors (Lipinski definition) is 2. The SMILES string of the molecule is CCC1CCCN(C(=O)C(C)S)CC1. The quantitative estimate of drug-likeness (QED) is 0.701. The van der Waals surface area contributed by atoms with Crippen LogP contribution in [0, 0.1) is 5.92 Å². The van der Waals surface area contributed by atoms with E-state index in [-0.39, 0.29) is 11.2 Å². The summed E-state index contributed by atoms with van der Waals surface area (Å²) in [6.07, 6.45) is 4.85. The van der Waals surface area contributed by atoms with E-state index in [9.17, 15) is 4.79 Å². The van der Waals surface area contributed by atoms with E-state index >= 15 is 0 Å². The van der Waals surface area contributed by atoms with E-state index in [2.05, 4.69) is 19.6 Å². The van der Waals surface area contributed by atoms with Crippen molar-refractivity contribution >= 4 is 18.5 Å². The van der Waals surface area contributed by atoms with Gasteiger partial charge in [0.25, 0.3) is 0 Å². The lowest BCUT2D eigenvalue weighted by Crippen LogP contribution is -2.36. The Balaban J connectivity index is 2.45. The van der Waals surface area contributed by atoms with Crippen molar-refractivity contribution in [2.45, 2.75) is 44.8 Å². The second-order valence-electron chi connectivity index (χ2n) is 4.21. The second-order valence-corrected chi connectivity index (χ2v) is 4.98. The van der Waals surface area contributed by atoms with Gasteiger partial charge in [0, 0.05) is 13.1 Å². The Morgan fingerprint density at radius 1 is 1.50 bits per heavy atom. The third-order valence-electron chi connectivity index (χ3n) is 3.09. The number of nitrogens with zero attached hydrogens (tertiary/aromatic N) is 1. The maximum Gasteiger partial charge on any atom is 0.235 e. The number of carbonyl (C=O) groups excluding carboxylic acids is 1. The Bertz CT molecular complexity index is 194. The summed E-state index contributed by atoms with van der Waals surface area (Å²) in [6, 6.07) is 0. The third-order valence-corrected chi connectivity index (χ3v) is 3.31. The largest absolute Gasteiger partial charge is 0.342 e. The van der Waals surface area contributed by atoms with Crippen LogP contribution in [-0.4, -0.2) is 29.1 Å². The maximum absolute atomic E-state index is 11.7. The minimum atomic E-state index is -0.145. The summed E-state index contributed by atoms with van der Waals surface area (Å²) in [6.45, 7) is 5.96. The lowest BCUT2D eigenvalue weighted by Gasteiger charge is -2.22. The molecule has 0 N–H and O–H groups in total. The highest BCUT2D eigenvalue weighted by molar-refractivity contribution is 7.81. The first kappa shape index (κ1) is 11.9. The van der Waals surface area contributed by atoms with Crippen LogP contribution in [0.1, 0.15) is 39.5 Å². The van der Waals surface area contributed by atoms with E-state index in [1.807, 2.05) is 11.8 Å². The Labute approximate surface area is 92.5 Å². The summed E-state index contributed by atoms with van der Waals surface area (Å²) in [5, 5.41) is -0.145. The highest BCUT2D eigenvalue weighted by Crippen LogP contribution is 2.20. The predicted molar refractivity (Wildman–Crippen MR) is 62.7 cm³/mol. The number of hydrogen-bond donors (Lipinski definition) is 1. The number of likely N-dealkylation sites (tertiary alicyclic amines) is 1. The Morgan fingerprint density at radius 3 is 2.79 bits per heavy atom. The fourth-order valence-electron chi connectivity index (χ4n) is 2.06. The van der Waals surface area contributed by atoms with Crippen molar-refractivity contribution in [2.24, 2.45) is 5.92 Å². The van der Waals surface area contributed by atoms with Crippen LogP contribution in [0.5, 0.6) is 0 Å². The highest BCUT2D eigenvalue weighted by atomic mass is 32.1. The average molecular weight is 215 g/mol. The zero-order chi connectivity index (χ0) is 10.6. The first-order chi connectivity index (χ1) is 6.65. The van der Waals surface area contributed by atoms with Crippen LogP contribution in [0.2, 0.25) is 0 Å². The van der Waals surface area contributed by atoms with Crippen LogP contribution in [-0.2, 0) is 4.79 Å². The van der Waals surface area contributed by atoms with E-state index < -0.39 is 0 Å². The fourth-order valence-corrected chi connectivity index (χ4v) is 2.22. The molecule has 1 aliphatic rings. The normalized spacial score (nSPS) is 25.6. The monoisotopic (exact) mass is 215 g/mol. The summed E-state index contributed by atoms with van der Waals surface area (Å²) in [5.41, 5.74) is 0. The third kappa shape index (κ3) is 3.19. The number of thiol groups is 1. The van der Waals surface area contributed by atoms with Gasteiger partial charge in [-0.15, -0.1) is 0 Å². The predicted octanol–water partition coefficient (Wildman–Crippen LogP) is 2.34. The van der Waals surface area contributed by atoms with E-state index in [0.29, 0.717) is 0 Å². The van der Waals surface area contributed by atoms with Gasteiger partial charge in [0.2, 0.25) is 5.91 Å². The van der Waals surface area contributed by atoms with E-state index in [4.69, 9.17) is 0 Å².